The normalized spacial score (nSPS) is 27.4. The molecule has 1 heterocycles. The highest BCUT2D eigenvalue weighted by Crippen LogP contribution is 2.29. The molecule has 3 N–H and O–H groups in total. The van der Waals surface area contributed by atoms with Crippen LogP contribution in [0, 0.1) is 5.92 Å². The summed E-state index contributed by atoms with van der Waals surface area (Å²) in [4.78, 5) is 0. The van der Waals surface area contributed by atoms with Crippen LogP contribution in [0.3, 0.4) is 0 Å². The molecular weight excluding hydrogens is 228 g/mol. The average Bonchev–Trinajstić information content (AvgIpc) is 2.78. The first-order valence-corrected chi connectivity index (χ1v) is 6.61. The molecular formula is C14H22N2O2. The molecule has 0 saturated carbocycles. The fourth-order valence-electron chi connectivity index (χ4n) is 2.31. The number of aliphatic hydroxyl groups excluding tert-OH is 1. The van der Waals surface area contributed by atoms with Crippen LogP contribution in [0.15, 0.2) is 24.3 Å². The number of aliphatic hydroxyl groups is 1. The van der Waals surface area contributed by atoms with Gasteiger partial charge in [-0.3, -0.25) is 5.43 Å². The molecule has 1 aromatic carbocycles. The number of nitrogens with one attached hydrogen (secondary N) is 2. The molecule has 1 saturated heterocycles. The quantitative estimate of drug-likeness (QED) is 0.743. The summed E-state index contributed by atoms with van der Waals surface area (Å²) in [7, 11) is 0. The van der Waals surface area contributed by atoms with Crippen LogP contribution in [0.4, 0.5) is 0 Å². The van der Waals surface area contributed by atoms with Crippen LogP contribution in [0.2, 0.25) is 0 Å². The number of rotatable bonds is 5. The summed E-state index contributed by atoms with van der Waals surface area (Å²) < 4.78 is 5.56. The maximum absolute atomic E-state index is 9.43. The zero-order chi connectivity index (χ0) is 13.0. The number of hydrogen-bond acceptors (Lipinski definition) is 4. The van der Waals surface area contributed by atoms with Crippen molar-refractivity contribution in [3.05, 3.63) is 29.8 Å². The number of ether oxygens (including phenoxy) is 1. The van der Waals surface area contributed by atoms with Gasteiger partial charge in [-0.05, 0) is 31.0 Å². The molecule has 3 unspecified atom stereocenters. The monoisotopic (exact) mass is 250 g/mol. The second-order valence-corrected chi connectivity index (χ2v) is 4.82. The minimum Gasteiger partial charge on any atom is -0.494 e. The molecule has 0 aliphatic carbocycles. The van der Waals surface area contributed by atoms with Crippen LogP contribution < -0.4 is 15.6 Å². The Morgan fingerprint density at radius 3 is 2.56 bits per heavy atom. The molecule has 2 rings (SSSR count). The van der Waals surface area contributed by atoms with Gasteiger partial charge in [0, 0.05) is 18.6 Å². The summed E-state index contributed by atoms with van der Waals surface area (Å²) in [6.07, 6.45) is 1.01. The highest BCUT2D eigenvalue weighted by atomic mass is 16.5. The van der Waals surface area contributed by atoms with Crippen molar-refractivity contribution in [3.63, 3.8) is 0 Å². The Bertz CT molecular complexity index is 367. The first-order valence-electron chi connectivity index (χ1n) is 6.61. The third-order valence-electron chi connectivity index (χ3n) is 3.46. The molecule has 1 aliphatic heterocycles. The molecule has 3 atom stereocenters. The molecule has 0 spiro atoms. The van der Waals surface area contributed by atoms with E-state index in [1.807, 2.05) is 12.1 Å². The molecule has 0 amide bonds. The summed E-state index contributed by atoms with van der Waals surface area (Å²) in [6, 6.07) is 8.53. The van der Waals surface area contributed by atoms with Crippen LogP contribution in [-0.4, -0.2) is 24.4 Å². The van der Waals surface area contributed by atoms with E-state index in [4.69, 9.17) is 4.74 Å². The Morgan fingerprint density at radius 2 is 1.94 bits per heavy atom. The fraction of sp³-hybridized carbons (Fsp3) is 0.571. The third-order valence-corrected chi connectivity index (χ3v) is 3.46. The first kappa shape index (κ1) is 13.3. The molecule has 1 fully saturated rings. The topological polar surface area (TPSA) is 53.5 Å². The lowest BCUT2D eigenvalue weighted by Gasteiger charge is -2.19. The van der Waals surface area contributed by atoms with E-state index in [0.29, 0.717) is 0 Å². The Labute approximate surface area is 108 Å². The summed E-state index contributed by atoms with van der Waals surface area (Å²) in [5.41, 5.74) is 7.59. The minimum atomic E-state index is 0.158. The zero-order valence-electron chi connectivity index (χ0n) is 11.0. The zero-order valence-corrected chi connectivity index (χ0v) is 11.0. The van der Waals surface area contributed by atoms with Crippen LogP contribution in [0.25, 0.3) is 0 Å². The summed E-state index contributed by atoms with van der Waals surface area (Å²) in [6.45, 7) is 5.10. The number of hydrazine groups is 1. The van der Waals surface area contributed by atoms with Gasteiger partial charge in [0.2, 0.25) is 0 Å². The van der Waals surface area contributed by atoms with E-state index < -0.39 is 0 Å². The van der Waals surface area contributed by atoms with Gasteiger partial charge in [0.1, 0.15) is 5.75 Å². The molecule has 0 aromatic heterocycles. The van der Waals surface area contributed by atoms with Crippen molar-refractivity contribution >= 4 is 0 Å². The molecule has 1 aromatic rings. The molecule has 4 nitrogen and oxygen atoms in total. The largest absolute Gasteiger partial charge is 0.494 e. The summed E-state index contributed by atoms with van der Waals surface area (Å²) in [5, 5.41) is 9.43. The number of benzene rings is 1. The summed E-state index contributed by atoms with van der Waals surface area (Å²) >= 11 is 0. The molecule has 100 valence electrons. The van der Waals surface area contributed by atoms with Gasteiger partial charge in [-0.15, -0.1) is 0 Å². The second kappa shape index (κ2) is 6.18. The molecule has 1 aliphatic rings. The minimum absolute atomic E-state index is 0.158. The van der Waals surface area contributed by atoms with Gasteiger partial charge in [-0.1, -0.05) is 19.1 Å². The maximum atomic E-state index is 9.43. The Morgan fingerprint density at radius 1 is 1.22 bits per heavy atom. The van der Waals surface area contributed by atoms with E-state index >= 15 is 0 Å². The van der Waals surface area contributed by atoms with Gasteiger partial charge < -0.3 is 9.84 Å². The van der Waals surface area contributed by atoms with Crippen LogP contribution in [0.5, 0.6) is 5.75 Å². The van der Waals surface area contributed by atoms with Crippen LogP contribution in [-0.2, 0) is 0 Å². The Balaban J connectivity index is 2.05. The molecule has 0 bridgehead atoms. The molecule has 0 radical (unpaired) electrons. The van der Waals surface area contributed by atoms with Crippen molar-refractivity contribution < 1.29 is 9.84 Å². The predicted molar refractivity (Wildman–Crippen MR) is 71.3 cm³/mol. The molecule has 4 heteroatoms. The fourth-order valence-corrected chi connectivity index (χ4v) is 2.31. The highest BCUT2D eigenvalue weighted by Gasteiger charge is 2.33. The van der Waals surface area contributed by atoms with E-state index in [1.54, 1.807) is 0 Å². The molecule has 18 heavy (non-hydrogen) atoms. The summed E-state index contributed by atoms with van der Waals surface area (Å²) in [5.74, 6) is 1.10. The highest BCUT2D eigenvalue weighted by molar-refractivity contribution is 5.30. The smallest absolute Gasteiger partial charge is 0.119 e. The van der Waals surface area contributed by atoms with Gasteiger partial charge in [0.15, 0.2) is 0 Å². The van der Waals surface area contributed by atoms with Crippen LogP contribution >= 0.6 is 0 Å². The van der Waals surface area contributed by atoms with Crippen molar-refractivity contribution in [3.8, 4) is 5.75 Å². The van der Waals surface area contributed by atoms with Crippen molar-refractivity contribution in [1.82, 2.24) is 10.9 Å². The second-order valence-electron chi connectivity index (χ2n) is 4.82. The van der Waals surface area contributed by atoms with Gasteiger partial charge in [0.05, 0.1) is 12.6 Å². The number of hydrogen-bond donors (Lipinski definition) is 3. The van der Waals surface area contributed by atoms with E-state index in [0.717, 1.165) is 18.8 Å². The van der Waals surface area contributed by atoms with Crippen molar-refractivity contribution in [1.29, 1.82) is 0 Å². The lowest BCUT2D eigenvalue weighted by Crippen LogP contribution is -2.29. The predicted octanol–water partition coefficient (Wildman–Crippen LogP) is 1.62. The Hall–Kier alpha value is -1.10. The van der Waals surface area contributed by atoms with Gasteiger partial charge in [0.25, 0.3) is 0 Å². The van der Waals surface area contributed by atoms with Crippen LogP contribution in [0.1, 0.15) is 31.9 Å². The maximum Gasteiger partial charge on any atom is 0.119 e. The van der Waals surface area contributed by atoms with Gasteiger partial charge >= 0.3 is 0 Å². The van der Waals surface area contributed by atoms with Crippen molar-refractivity contribution in [2.24, 2.45) is 5.92 Å². The van der Waals surface area contributed by atoms with E-state index in [1.165, 1.54) is 5.56 Å². The van der Waals surface area contributed by atoms with Gasteiger partial charge in [-0.2, -0.15) is 0 Å². The van der Waals surface area contributed by atoms with E-state index in [2.05, 4.69) is 36.8 Å². The lowest BCUT2D eigenvalue weighted by atomic mass is 9.91. The first-order chi connectivity index (χ1) is 8.76. The standard InChI is InChI=1S/C14H22N2O2/c1-3-8-18-12-6-4-11(5-7-12)14-13(9-17)10(2)15-16-14/h4-7,10,13-17H,3,8-9H2,1-2H3. The lowest BCUT2D eigenvalue weighted by molar-refractivity contribution is 0.204. The SMILES string of the molecule is CCCOc1ccc(C2NNC(C)C2CO)cc1. The van der Waals surface area contributed by atoms with Gasteiger partial charge in [-0.25, -0.2) is 5.43 Å². The van der Waals surface area contributed by atoms with Crippen molar-refractivity contribution in [2.45, 2.75) is 32.4 Å². The Kier molecular flexibility index (Phi) is 4.58. The van der Waals surface area contributed by atoms with E-state index in [9.17, 15) is 5.11 Å². The van der Waals surface area contributed by atoms with Crippen molar-refractivity contribution in [2.75, 3.05) is 13.2 Å². The van der Waals surface area contributed by atoms with E-state index in [-0.39, 0.29) is 24.6 Å². The third kappa shape index (κ3) is 2.83. The average molecular weight is 250 g/mol.